The highest BCUT2D eigenvalue weighted by Crippen LogP contribution is 2.27. The summed E-state index contributed by atoms with van der Waals surface area (Å²) in [6, 6.07) is 0.559. The molecule has 1 amide bonds. The highest BCUT2D eigenvalue weighted by molar-refractivity contribution is 5.88. The molecule has 0 radical (unpaired) electrons. The number of nitrogens with one attached hydrogen (secondary N) is 1. The zero-order chi connectivity index (χ0) is 14.0. The molecule has 0 spiro atoms. The maximum absolute atomic E-state index is 12.7. The van der Waals surface area contributed by atoms with Crippen molar-refractivity contribution in [2.45, 2.75) is 71.1 Å². The minimum atomic E-state index is -0.351. The molecule has 0 saturated carbocycles. The number of carbonyl (C=O) groups is 1. The lowest BCUT2D eigenvalue weighted by molar-refractivity contribution is -0.133. The Labute approximate surface area is 117 Å². The first kappa shape index (κ1) is 14.8. The monoisotopic (exact) mass is 267 g/mol. The molecule has 2 heterocycles. The number of likely N-dealkylation sites (N-methyl/N-ethyl adjacent to an activating group) is 1. The third kappa shape index (κ3) is 2.65. The van der Waals surface area contributed by atoms with Crippen molar-refractivity contribution in [3.8, 4) is 0 Å². The van der Waals surface area contributed by atoms with Crippen molar-refractivity contribution in [1.82, 2.24) is 15.1 Å². The van der Waals surface area contributed by atoms with Gasteiger partial charge in [-0.1, -0.05) is 20.8 Å². The predicted octanol–water partition coefficient (Wildman–Crippen LogP) is 1.81. The zero-order valence-electron chi connectivity index (χ0n) is 12.9. The summed E-state index contributed by atoms with van der Waals surface area (Å²) in [7, 11) is 0. The molecule has 19 heavy (non-hydrogen) atoms. The highest BCUT2D eigenvalue weighted by atomic mass is 16.2. The molecule has 110 valence electrons. The Morgan fingerprint density at radius 2 is 2.11 bits per heavy atom. The summed E-state index contributed by atoms with van der Waals surface area (Å²) >= 11 is 0. The molecule has 3 atom stereocenters. The average molecular weight is 267 g/mol. The molecule has 0 aromatic heterocycles. The molecular weight excluding hydrogens is 238 g/mol. The first-order valence-corrected chi connectivity index (χ1v) is 7.88. The van der Waals surface area contributed by atoms with E-state index in [9.17, 15) is 4.79 Å². The van der Waals surface area contributed by atoms with Gasteiger partial charge in [-0.25, -0.2) is 0 Å². The lowest BCUT2D eigenvalue weighted by Gasteiger charge is -2.30. The van der Waals surface area contributed by atoms with E-state index in [-0.39, 0.29) is 11.7 Å². The van der Waals surface area contributed by atoms with Crippen LogP contribution in [0.2, 0.25) is 0 Å². The van der Waals surface area contributed by atoms with Gasteiger partial charge in [0.15, 0.2) is 0 Å². The minimum Gasteiger partial charge on any atom is -0.324 e. The Morgan fingerprint density at radius 3 is 2.68 bits per heavy atom. The van der Waals surface area contributed by atoms with Crippen LogP contribution in [0.4, 0.5) is 0 Å². The molecule has 4 heteroatoms. The quantitative estimate of drug-likeness (QED) is 0.825. The van der Waals surface area contributed by atoms with Gasteiger partial charge in [0.1, 0.15) is 0 Å². The van der Waals surface area contributed by atoms with Gasteiger partial charge in [0, 0.05) is 12.6 Å². The van der Waals surface area contributed by atoms with Crippen molar-refractivity contribution in [3.05, 3.63) is 0 Å². The molecule has 0 bridgehead atoms. The first-order chi connectivity index (χ1) is 9.05. The summed E-state index contributed by atoms with van der Waals surface area (Å²) in [5.41, 5.74) is -0.351. The molecule has 2 rings (SSSR count). The number of rotatable bonds is 5. The number of nitrogens with zero attached hydrogens (tertiary/aromatic N) is 2. The standard InChI is InChI=1S/C15H29N3O/c1-5-13-16-15(4,6-2)14(19)18(13)11-12-9-8-10-17(12)7-3/h12-13,16H,5-11H2,1-4H3. The van der Waals surface area contributed by atoms with Crippen LogP contribution in [-0.2, 0) is 4.79 Å². The van der Waals surface area contributed by atoms with Gasteiger partial charge in [-0.15, -0.1) is 0 Å². The minimum absolute atomic E-state index is 0.219. The van der Waals surface area contributed by atoms with E-state index in [1.54, 1.807) is 0 Å². The van der Waals surface area contributed by atoms with Gasteiger partial charge in [-0.3, -0.25) is 15.0 Å². The van der Waals surface area contributed by atoms with Crippen molar-refractivity contribution in [3.63, 3.8) is 0 Å². The van der Waals surface area contributed by atoms with Gasteiger partial charge in [0.2, 0.25) is 5.91 Å². The van der Waals surface area contributed by atoms with Crippen LogP contribution in [0, 0.1) is 0 Å². The van der Waals surface area contributed by atoms with Crippen LogP contribution in [0.15, 0.2) is 0 Å². The van der Waals surface area contributed by atoms with Crippen molar-refractivity contribution >= 4 is 5.91 Å². The second-order valence-corrected chi connectivity index (χ2v) is 6.14. The number of amides is 1. The van der Waals surface area contributed by atoms with E-state index < -0.39 is 0 Å². The maximum Gasteiger partial charge on any atom is 0.243 e. The van der Waals surface area contributed by atoms with Gasteiger partial charge in [0.25, 0.3) is 0 Å². The number of carbonyl (C=O) groups excluding carboxylic acids is 1. The van der Waals surface area contributed by atoms with E-state index in [0.29, 0.717) is 11.9 Å². The van der Waals surface area contributed by atoms with E-state index in [1.807, 2.05) is 6.92 Å². The Hall–Kier alpha value is -0.610. The summed E-state index contributed by atoms with van der Waals surface area (Å²) in [6.07, 6.45) is 4.57. The zero-order valence-corrected chi connectivity index (χ0v) is 12.9. The van der Waals surface area contributed by atoms with Crippen molar-refractivity contribution < 1.29 is 4.79 Å². The van der Waals surface area contributed by atoms with E-state index >= 15 is 0 Å². The number of hydrogen-bond donors (Lipinski definition) is 1. The van der Waals surface area contributed by atoms with Crippen LogP contribution >= 0.6 is 0 Å². The van der Waals surface area contributed by atoms with Crippen molar-refractivity contribution in [1.29, 1.82) is 0 Å². The van der Waals surface area contributed by atoms with E-state index in [1.165, 1.54) is 19.4 Å². The lowest BCUT2D eigenvalue weighted by Crippen LogP contribution is -2.46. The molecule has 2 aliphatic rings. The SMILES string of the molecule is CCC1NC(C)(CC)C(=O)N1CC1CCCN1CC. The highest BCUT2D eigenvalue weighted by Gasteiger charge is 2.46. The summed E-state index contributed by atoms with van der Waals surface area (Å²) in [6.45, 7) is 11.7. The van der Waals surface area contributed by atoms with Crippen LogP contribution < -0.4 is 5.32 Å². The molecule has 2 saturated heterocycles. The van der Waals surface area contributed by atoms with Crippen LogP contribution in [0.25, 0.3) is 0 Å². The fraction of sp³-hybridized carbons (Fsp3) is 0.933. The average Bonchev–Trinajstić information content (AvgIpc) is 2.97. The van der Waals surface area contributed by atoms with Crippen molar-refractivity contribution in [2.24, 2.45) is 0 Å². The Morgan fingerprint density at radius 1 is 1.37 bits per heavy atom. The van der Waals surface area contributed by atoms with E-state index in [4.69, 9.17) is 0 Å². The Kier molecular flexibility index (Phi) is 4.51. The smallest absolute Gasteiger partial charge is 0.243 e. The second-order valence-electron chi connectivity index (χ2n) is 6.14. The third-order valence-corrected chi connectivity index (χ3v) is 5.00. The lowest BCUT2D eigenvalue weighted by atomic mass is 9.99. The second kappa shape index (κ2) is 5.80. The molecule has 0 aromatic carbocycles. The topological polar surface area (TPSA) is 35.6 Å². The maximum atomic E-state index is 12.7. The summed E-state index contributed by atoms with van der Waals surface area (Å²) in [4.78, 5) is 17.3. The Balaban J connectivity index is 2.07. The van der Waals surface area contributed by atoms with Crippen LogP contribution in [-0.4, -0.2) is 53.1 Å². The van der Waals surface area contributed by atoms with Crippen LogP contribution in [0.5, 0.6) is 0 Å². The van der Waals surface area contributed by atoms with Gasteiger partial charge in [-0.05, 0) is 45.7 Å². The van der Waals surface area contributed by atoms with E-state index in [0.717, 1.165) is 25.9 Å². The Bertz CT molecular complexity index is 333. The molecule has 3 unspecified atom stereocenters. The van der Waals surface area contributed by atoms with Crippen LogP contribution in [0.3, 0.4) is 0 Å². The van der Waals surface area contributed by atoms with Gasteiger partial charge in [0.05, 0.1) is 11.7 Å². The summed E-state index contributed by atoms with van der Waals surface area (Å²) in [5.74, 6) is 0.296. The summed E-state index contributed by atoms with van der Waals surface area (Å²) < 4.78 is 0. The number of likely N-dealkylation sites (tertiary alicyclic amines) is 1. The van der Waals surface area contributed by atoms with Crippen molar-refractivity contribution in [2.75, 3.05) is 19.6 Å². The van der Waals surface area contributed by atoms with Gasteiger partial charge < -0.3 is 4.90 Å². The van der Waals surface area contributed by atoms with Gasteiger partial charge in [-0.2, -0.15) is 0 Å². The van der Waals surface area contributed by atoms with E-state index in [2.05, 4.69) is 35.9 Å². The molecular formula is C15H29N3O. The first-order valence-electron chi connectivity index (χ1n) is 7.88. The molecule has 4 nitrogen and oxygen atoms in total. The van der Waals surface area contributed by atoms with Crippen LogP contribution in [0.1, 0.15) is 53.4 Å². The molecule has 0 aromatic rings. The molecule has 2 aliphatic heterocycles. The predicted molar refractivity (Wildman–Crippen MR) is 77.9 cm³/mol. The molecule has 0 aliphatic carbocycles. The molecule has 2 fully saturated rings. The number of hydrogen-bond acceptors (Lipinski definition) is 3. The largest absolute Gasteiger partial charge is 0.324 e. The fourth-order valence-corrected chi connectivity index (χ4v) is 3.50. The van der Waals surface area contributed by atoms with Gasteiger partial charge >= 0.3 is 0 Å². The fourth-order valence-electron chi connectivity index (χ4n) is 3.50. The third-order valence-electron chi connectivity index (χ3n) is 5.00. The normalized spacial score (nSPS) is 36.4. The summed E-state index contributed by atoms with van der Waals surface area (Å²) in [5, 5.41) is 3.53. The molecule has 1 N–H and O–H groups in total.